The zero-order valence-electron chi connectivity index (χ0n) is 12.8. The third kappa shape index (κ3) is 3.31. The molecule has 1 fully saturated rings. The topological polar surface area (TPSA) is 54.2 Å². The Morgan fingerprint density at radius 3 is 2.76 bits per heavy atom. The molecule has 2 atom stereocenters. The van der Waals surface area contributed by atoms with E-state index in [0.29, 0.717) is 30.4 Å². The van der Waals surface area contributed by atoms with Crippen molar-refractivity contribution in [2.45, 2.75) is 39.4 Å². The average Bonchev–Trinajstić information content (AvgIpc) is 2.92. The van der Waals surface area contributed by atoms with Crippen LogP contribution in [0.2, 0.25) is 0 Å². The largest absolute Gasteiger partial charge is 0.419 e. The first-order valence-electron chi connectivity index (χ1n) is 7.48. The lowest BCUT2D eigenvalue weighted by atomic mass is 10.1. The minimum atomic E-state index is 0.482. The molecule has 2 heterocycles. The number of aryl methyl sites for hydroxylation is 1. The van der Waals surface area contributed by atoms with Crippen molar-refractivity contribution in [1.82, 2.24) is 20.4 Å². The van der Waals surface area contributed by atoms with Gasteiger partial charge < -0.3 is 9.73 Å². The highest BCUT2D eigenvalue weighted by Gasteiger charge is 2.24. The number of hydrogen-bond donors (Lipinski definition) is 1. The van der Waals surface area contributed by atoms with Gasteiger partial charge >= 0.3 is 0 Å². The van der Waals surface area contributed by atoms with Gasteiger partial charge in [0.15, 0.2) is 0 Å². The fourth-order valence-corrected chi connectivity index (χ4v) is 2.62. The summed E-state index contributed by atoms with van der Waals surface area (Å²) < 4.78 is 5.81. The molecule has 2 unspecified atom stereocenters. The lowest BCUT2D eigenvalue weighted by Gasteiger charge is -2.36. The van der Waals surface area contributed by atoms with Gasteiger partial charge in [0.2, 0.25) is 11.8 Å². The number of aromatic nitrogens is 2. The van der Waals surface area contributed by atoms with Crippen molar-refractivity contribution >= 4 is 0 Å². The lowest BCUT2D eigenvalue weighted by Crippen LogP contribution is -2.53. The number of hydrogen-bond acceptors (Lipinski definition) is 5. The molecule has 5 heteroatoms. The van der Waals surface area contributed by atoms with Crippen LogP contribution in [0.25, 0.3) is 11.5 Å². The van der Waals surface area contributed by atoms with Crippen LogP contribution < -0.4 is 5.32 Å². The molecular formula is C16H22N4O. The quantitative estimate of drug-likeness (QED) is 0.937. The first kappa shape index (κ1) is 14.2. The van der Waals surface area contributed by atoms with Crippen LogP contribution in [0, 0.1) is 6.92 Å². The molecular weight excluding hydrogens is 264 g/mol. The lowest BCUT2D eigenvalue weighted by molar-refractivity contribution is 0.127. The molecule has 0 spiro atoms. The standard InChI is InChI=1S/C16H22N4O/c1-11-4-6-14(7-5-11)16-19-18-15(21-16)10-20-9-12(2)17-8-13(20)3/h4-7,12-13,17H,8-10H2,1-3H3. The predicted octanol–water partition coefficient (Wildman–Crippen LogP) is 2.23. The van der Waals surface area contributed by atoms with Crippen molar-refractivity contribution in [3.05, 3.63) is 35.7 Å². The van der Waals surface area contributed by atoms with Crippen LogP contribution >= 0.6 is 0 Å². The van der Waals surface area contributed by atoms with E-state index in [0.717, 1.165) is 18.7 Å². The minimum absolute atomic E-state index is 0.482. The monoisotopic (exact) mass is 286 g/mol. The highest BCUT2D eigenvalue weighted by atomic mass is 16.4. The Balaban J connectivity index is 1.71. The molecule has 5 nitrogen and oxygen atoms in total. The number of nitrogens with one attached hydrogen (secondary N) is 1. The molecule has 1 aliphatic rings. The van der Waals surface area contributed by atoms with Crippen LogP contribution in [-0.2, 0) is 6.54 Å². The van der Waals surface area contributed by atoms with E-state index >= 15 is 0 Å². The first-order chi connectivity index (χ1) is 10.1. The van der Waals surface area contributed by atoms with Gasteiger partial charge in [-0.05, 0) is 32.9 Å². The van der Waals surface area contributed by atoms with Gasteiger partial charge in [0.25, 0.3) is 0 Å². The average molecular weight is 286 g/mol. The summed E-state index contributed by atoms with van der Waals surface area (Å²) in [5.41, 5.74) is 2.20. The molecule has 21 heavy (non-hydrogen) atoms. The van der Waals surface area contributed by atoms with Gasteiger partial charge in [0.05, 0.1) is 6.54 Å². The van der Waals surface area contributed by atoms with Crippen molar-refractivity contribution < 1.29 is 4.42 Å². The maximum absolute atomic E-state index is 5.81. The van der Waals surface area contributed by atoms with Crippen molar-refractivity contribution in [1.29, 1.82) is 0 Å². The summed E-state index contributed by atoms with van der Waals surface area (Å²) in [6, 6.07) is 9.12. The highest BCUT2D eigenvalue weighted by Crippen LogP contribution is 2.19. The summed E-state index contributed by atoms with van der Waals surface area (Å²) in [6.07, 6.45) is 0. The molecule has 0 bridgehead atoms. The van der Waals surface area contributed by atoms with Gasteiger partial charge in [-0.25, -0.2) is 0 Å². The van der Waals surface area contributed by atoms with Crippen LogP contribution in [0.3, 0.4) is 0 Å². The molecule has 3 rings (SSSR count). The molecule has 0 amide bonds. The smallest absolute Gasteiger partial charge is 0.247 e. The SMILES string of the molecule is Cc1ccc(-c2nnc(CN3CC(C)NCC3C)o2)cc1. The summed E-state index contributed by atoms with van der Waals surface area (Å²) in [5, 5.41) is 11.8. The third-order valence-electron chi connectivity index (χ3n) is 4.00. The number of benzene rings is 1. The highest BCUT2D eigenvalue weighted by molar-refractivity contribution is 5.52. The molecule has 1 aromatic carbocycles. The van der Waals surface area contributed by atoms with Crippen LogP contribution in [0.15, 0.2) is 28.7 Å². The maximum atomic E-state index is 5.81. The normalized spacial score (nSPS) is 23.4. The van der Waals surface area contributed by atoms with Crippen LogP contribution in [0.4, 0.5) is 0 Å². The van der Waals surface area contributed by atoms with Crippen LogP contribution in [-0.4, -0.2) is 40.3 Å². The van der Waals surface area contributed by atoms with E-state index in [1.54, 1.807) is 0 Å². The summed E-state index contributed by atoms with van der Waals surface area (Å²) in [4.78, 5) is 2.38. The van der Waals surface area contributed by atoms with Crippen LogP contribution in [0.5, 0.6) is 0 Å². The first-order valence-corrected chi connectivity index (χ1v) is 7.48. The molecule has 1 aromatic heterocycles. The van der Waals surface area contributed by atoms with E-state index in [1.165, 1.54) is 5.56 Å². The molecule has 0 radical (unpaired) electrons. The van der Waals surface area contributed by atoms with E-state index in [9.17, 15) is 0 Å². The van der Waals surface area contributed by atoms with Crippen molar-refractivity contribution in [2.75, 3.05) is 13.1 Å². The van der Waals surface area contributed by atoms with E-state index in [-0.39, 0.29) is 0 Å². The fourth-order valence-electron chi connectivity index (χ4n) is 2.62. The second-order valence-corrected chi connectivity index (χ2v) is 5.95. The fraction of sp³-hybridized carbons (Fsp3) is 0.500. The summed E-state index contributed by atoms with van der Waals surface area (Å²) >= 11 is 0. The zero-order chi connectivity index (χ0) is 14.8. The molecule has 1 saturated heterocycles. The van der Waals surface area contributed by atoms with Gasteiger partial charge in [-0.1, -0.05) is 17.7 Å². The van der Waals surface area contributed by atoms with Gasteiger partial charge in [0, 0.05) is 30.7 Å². The Morgan fingerprint density at radius 1 is 1.24 bits per heavy atom. The minimum Gasteiger partial charge on any atom is -0.419 e. The van der Waals surface area contributed by atoms with E-state index < -0.39 is 0 Å². The molecule has 112 valence electrons. The summed E-state index contributed by atoms with van der Waals surface area (Å²) in [7, 11) is 0. The second-order valence-electron chi connectivity index (χ2n) is 5.95. The van der Waals surface area contributed by atoms with Crippen molar-refractivity contribution in [3.8, 4) is 11.5 Å². The summed E-state index contributed by atoms with van der Waals surface area (Å²) in [6.45, 7) is 9.20. The Kier molecular flexibility index (Phi) is 4.03. The molecule has 0 aliphatic carbocycles. The van der Waals surface area contributed by atoms with E-state index in [1.807, 2.05) is 12.1 Å². The Morgan fingerprint density at radius 2 is 2.00 bits per heavy atom. The Hall–Kier alpha value is -1.72. The molecule has 2 aromatic rings. The maximum Gasteiger partial charge on any atom is 0.247 e. The van der Waals surface area contributed by atoms with E-state index in [2.05, 4.69) is 53.3 Å². The third-order valence-corrected chi connectivity index (χ3v) is 4.00. The second kappa shape index (κ2) is 5.95. The predicted molar refractivity (Wildman–Crippen MR) is 81.8 cm³/mol. The molecule has 1 N–H and O–H groups in total. The Bertz CT molecular complexity index is 593. The Labute approximate surface area is 125 Å². The number of rotatable bonds is 3. The van der Waals surface area contributed by atoms with Gasteiger partial charge in [0.1, 0.15) is 0 Å². The van der Waals surface area contributed by atoms with Gasteiger partial charge in [-0.3, -0.25) is 4.90 Å². The number of nitrogens with zero attached hydrogens (tertiary/aromatic N) is 3. The van der Waals surface area contributed by atoms with Gasteiger partial charge in [-0.15, -0.1) is 10.2 Å². The van der Waals surface area contributed by atoms with E-state index in [4.69, 9.17) is 4.42 Å². The van der Waals surface area contributed by atoms with Crippen molar-refractivity contribution in [2.24, 2.45) is 0 Å². The van der Waals surface area contributed by atoms with Gasteiger partial charge in [-0.2, -0.15) is 0 Å². The molecule has 1 aliphatic heterocycles. The summed E-state index contributed by atoms with van der Waals surface area (Å²) in [5.74, 6) is 1.28. The van der Waals surface area contributed by atoms with Crippen LogP contribution in [0.1, 0.15) is 25.3 Å². The molecule has 0 saturated carbocycles. The zero-order valence-corrected chi connectivity index (χ0v) is 12.8. The van der Waals surface area contributed by atoms with Crippen molar-refractivity contribution in [3.63, 3.8) is 0 Å². The number of piperazine rings is 1.